The van der Waals surface area contributed by atoms with E-state index in [4.69, 9.17) is 19.6 Å². The van der Waals surface area contributed by atoms with Gasteiger partial charge in [-0.15, -0.1) is 0 Å². The molecule has 188 valence electrons. The molecule has 0 unspecified atom stereocenters. The van der Waals surface area contributed by atoms with E-state index in [-0.39, 0.29) is 30.9 Å². The molecule has 0 atom stereocenters. The van der Waals surface area contributed by atoms with Crippen molar-refractivity contribution in [1.82, 2.24) is 0 Å². The van der Waals surface area contributed by atoms with E-state index >= 15 is 0 Å². The van der Waals surface area contributed by atoms with E-state index in [1.165, 1.54) is 12.1 Å². The van der Waals surface area contributed by atoms with Crippen LogP contribution < -0.4 is 10.5 Å². The number of benzene rings is 3. The zero-order valence-electron chi connectivity index (χ0n) is 19.3. The Hall–Kier alpha value is -3.85. The van der Waals surface area contributed by atoms with Gasteiger partial charge in [-0.05, 0) is 53.9 Å². The number of fused-ring (bicyclic) bond motifs is 1. The Morgan fingerprint density at radius 1 is 1.03 bits per heavy atom. The average Bonchev–Trinajstić information content (AvgIpc) is 3.22. The maximum absolute atomic E-state index is 14.0. The van der Waals surface area contributed by atoms with E-state index in [0.29, 0.717) is 28.6 Å². The molecule has 36 heavy (non-hydrogen) atoms. The van der Waals surface area contributed by atoms with E-state index in [0.717, 1.165) is 23.3 Å². The first kappa shape index (κ1) is 25.2. The number of ether oxygens (including phenoxy) is 2. The molecular weight excluding hydrogens is 478 g/mol. The largest absolute Gasteiger partial charge is 0.489 e. The predicted octanol–water partition coefficient (Wildman–Crippen LogP) is 6.40. The summed E-state index contributed by atoms with van der Waals surface area (Å²) in [6, 6.07) is 14.1. The van der Waals surface area contributed by atoms with Gasteiger partial charge < -0.3 is 19.6 Å². The van der Waals surface area contributed by atoms with Crippen molar-refractivity contribution < 1.29 is 36.2 Å². The quantitative estimate of drug-likeness (QED) is 0.223. The highest BCUT2D eigenvalue weighted by Crippen LogP contribution is 2.35. The molecule has 0 radical (unpaired) electrons. The van der Waals surface area contributed by atoms with Gasteiger partial charge in [-0.1, -0.05) is 24.3 Å². The lowest BCUT2D eigenvalue weighted by molar-refractivity contribution is -0.142. The lowest BCUT2D eigenvalue weighted by Gasteiger charge is -2.15. The minimum atomic E-state index is -4.59. The van der Waals surface area contributed by atoms with Crippen molar-refractivity contribution >= 4 is 16.9 Å². The van der Waals surface area contributed by atoms with Gasteiger partial charge in [0.2, 0.25) is 0 Å². The second kappa shape index (κ2) is 10.4. The molecule has 0 spiro atoms. The SMILES string of the molecule is CCOC(=O)Cc1ccc(C(F)(F)F)cc1OCc1cc(-c2cccc(CN)c2)c2oc(F)cc2c1. The summed E-state index contributed by atoms with van der Waals surface area (Å²) in [4.78, 5) is 12.0. The molecule has 4 aromatic rings. The molecule has 1 heterocycles. The Morgan fingerprint density at radius 3 is 2.56 bits per heavy atom. The highest BCUT2D eigenvalue weighted by Gasteiger charge is 2.31. The molecular formula is C27H23F4NO4. The third-order valence-corrected chi connectivity index (χ3v) is 5.55. The fraction of sp³-hybridized carbons (Fsp3) is 0.222. The highest BCUT2D eigenvalue weighted by molar-refractivity contribution is 5.93. The van der Waals surface area contributed by atoms with Crippen molar-refractivity contribution in [3.8, 4) is 16.9 Å². The van der Waals surface area contributed by atoms with E-state index in [2.05, 4.69) is 0 Å². The summed E-state index contributed by atoms with van der Waals surface area (Å²) in [6.07, 6.45) is -4.83. The van der Waals surface area contributed by atoms with E-state index < -0.39 is 23.7 Å². The number of furan rings is 1. The van der Waals surface area contributed by atoms with Crippen LogP contribution in [0.15, 0.2) is 65.1 Å². The Bertz CT molecular complexity index is 1390. The van der Waals surface area contributed by atoms with Gasteiger partial charge in [0.25, 0.3) is 6.01 Å². The lowest BCUT2D eigenvalue weighted by Crippen LogP contribution is -2.11. The molecule has 3 aromatic carbocycles. The molecule has 0 aliphatic heterocycles. The zero-order valence-corrected chi connectivity index (χ0v) is 19.3. The molecule has 0 saturated carbocycles. The number of halogens is 4. The third kappa shape index (κ3) is 5.68. The summed E-state index contributed by atoms with van der Waals surface area (Å²) in [5.74, 6) is -0.678. The van der Waals surface area contributed by atoms with Gasteiger partial charge in [0.05, 0.1) is 18.6 Å². The van der Waals surface area contributed by atoms with Crippen molar-refractivity contribution in [3.05, 3.63) is 88.9 Å². The summed E-state index contributed by atoms with van der Waals surface area (Å²) >= 11 is 0. The van der Waals surface area contributed by atoms with Gasteiger partial charge in [0, 0.05) is 29.1 Å². The van der Waals surface area contributed by atoms with Crippen LogP contribution >= 0.6 is 0 Å². The zero-order chi connectivity index (χ0) is 25.9. The van der Waals surface area contributed by atoms with Crippen molar-refractivity contribution in [2.24, 2.45) is 5.73 Å². The summed E-state index contributed by atoms with van der Waals surface area (Å²) in [5.41, 5.74) is 8.18. The normalized spacial score (nSPS) is 11.6. The number of hydrogen-bond donors (Lipinski definition) is 1. The minimum absolute atomic E-state index is 0.0944. The molecule has 0 saturated heterocycles. The molecule has 0 aliphatic rings. The Balaban J connectivity index is 1.70. The molecule has 0 amide bonds. The fourth-order valence-electron chi connectivity index (χ4n) is 3.89. The highest BCUT2D eigenvalue weighted by atomic mass is 19.4. The van der Waals surface area contributed by atoms with E-state index in [1.807, 2.05) is 24.3 Å². The van der Waals surface area contributed by atoms with Gasteiger partial charge in [-0.3, -0.25) is 4.79 Å². The topological polar surface area (TPSA) is 74.7 Å². The number of carbonyl (C=O) groups excluding carboxylic acids is 1. The van der Waals surface area contributed by atoms with Crippen LogP contribution in [0.25, 0.3) is 22.1 Å². The number of alkyl halides is 3. The Labute approximate surface area is 204 Å². The van der Waals surface area contributed by atoms with Gasteiger partial charge in [-0.25, -0.2) is 0 Å². The molecule has 0 aliphatic carbocycles. The van der Waals surface area contributed by atoms with Crippen LogP contribution in [0.5, 0.6) is 5.75 Å². The molecule has 1 aromatic heterocycles. The Kier molecular flexibility index (Phi) is 7.30. The number of carbonyl (C=O) groups is 1. The lowest BCUT2D eigenvalue weighted by atomic mass is 9.99. The smallest absolute Gasteiger partial charge is 0.416 e. The maximum atomic E-state index is 14.0. The van der Waals surface area contributed by atoms with E-state index in [9.17, 15) is 22.4 Å². The monoisotopic (exact) mass is 501 g/mol. The van der Waals surface area contributed by atoms with Crippen LogP contribution in [0.4, 0.5) is 17.6 Å². The third-order valence-electron chi connectivity index (χ3n) is 5.55. The number of hydrogen-bond acceptors (Lipinski definition) is 5. The molecule has 0 bridgehead atoms. The first-order chi connectivity index (χ1) is 17.2. The van der Waals surface area contributed by atoms with Crippen LogP contribution in [0, 0.1) is 6.01 Å². The van der Waals surface area contributed by atoms with Crippen LogP contribution in [-0.2, 0) is 35.3 Å². The summed E-state index contributed by atoms with van der Waals surface area (Å²) in [5, 5.41) is 0.470. The van der Waals surface area contributed by atoms with Crippen molar-refractivity contribution in [3.63, 3.8) is 0 Å². The van der Waals surface area contributed by atoms with Gasteiger partial charge >= 0.3 is 12.1 Å². The molecule has 5 nitrogen and oxygen atoms in total. The van der Waals surface area contributed by atoms with Crippen LogP contribution in [-0.4, -0.2) is 12.6 Å². The maximum Gasteiger partial charge on any atom is 0.416 e. The fourth-order valence-corrected chi connectivity index (χ4v) is 3.89. The second-order valence-corrected chi connectivity index (χ2v) is 8.11. The number of rotatable bonds is 8. The molecule has 4 rings (SSSR count). The molecule has 9 heteroatoms. The first-order valence-corrected chi connectivity index (χ1v) is 11.2. The summed E-state index contributed by atoms with van der Waals surface area (Å²) in [6.45, 7) is 1.96. The average molecular weight is 501 g/mol. The van der Waals surface area contributed by atoms with Crippen LogP contribution in [0.2, 0.25) is 0 Å². The van der Waals surface area contributed by atoms with Gasteiger partial charge in [0.1, 0.15) is 17.9 Å². The summed E-state index contributed by atoms with van der Waals surface area (Å²) in [7, 11) is 0. The van der Waals surface area contributed by atoms with E-state index in [1.54, 1.807) is 19.1 Å². The van der Waals surface area contributed by atoms with Crippen LogP contribution in [0.1, 0.15) is 29.2 Å². The Morgan fingerprint density at radius 2 is 1.83 bits per heavy atom. The second-order valence-electron chi connectivity index (χ2n) is 8.11. The van der Waals surface area contributed by atoms with Crippen molar-refractivity contribution in [1.29, 1.82) is 0 Å². The predicted molar refractivity (Wildman–Crippen MR) is 126 cm³/mol. The van der Waals surface area contributed by atoms with Gasteiger partial charge in [-0.2, -0.15) is 17.6 Å². The standard InChI is InChI=1S/C27H23F4NO4/c1-2-34-25(33)12-19-6-7-21(27(29,30)31)13-23(19)35-15-17-9-20-11-24(28)36-26(20)22(10-17)18-5-3-4-16(8-18)14-32/h3-11,13H,2,12,14-15,32H2,1H3. The number of nitrogens with two attached hydrogens (primary N) is 1. The minimum Gasteiger partial charge on any atom is -0.489 e. The van der Waals surface area contributed by atoms with Crippen molar-refractivity contribution in [2.75, 3.05) is 6.61 Å². The molecule has 0 fully saturated rings. The molecule has 2 N–H and O–H groups in total. The van der Waals surface area contributed by atoms with Crippen molar-refractivity contribution in [2.45, 2.75) is 32.7 Å². The first-order valence-electron chi connectivity index (χ1n) is 11.2. The van der Waals surface area contributed by atoms with Gasteiger partial charge in [0.15, 0.2) is 0 Å². The summed E-state index contributed by atoms with van der Waals surface area (Å²) < 4.78 is 69.9. The number of esters is 1. The van der Waals surface area contributed by atoms with Crippen LogP contribution in [0.3, 0.4) is 0 Å².